The summed E-state index contributed by atoms with van der Waals surface area (Å²) in [5.74, 6) is 0. The van der Waals surface area contributed by atoms with E-state index in [1.165, 1.54) is 0 Å². The first-order chi connectivity index (χ1) is 2.89. The number of hydrogen-bond donors (Lipinski definition) is 1. The van der Waals surface area contributed by atoms with Crippen LogP contribution in [-0.2, 0) is 0 Å². The molecule has 0 saturated carbocycles. The van der Waals surface area contributed by atoms with Gasteiger partial charge in [0.2, 0.25) is 0 Å². The molecule has 44 valence electrons. The third-order valence-electron chi connectivity index (χ3n) is 1.02. The van der Waals surface area contributed by atoms with E-state index in [1.807, 2.05) is 0 Å². The first kappa shape index (κ1) is 11.9. The average molecular weight is 146 g/mol. The third kappa shape index (κ3) is 4.13. The largest absolute Gasteiger partial charge is 1.00 e. The van der Waals surface area contributed by atoms with Crippen molar-refractivity contribution < 1.29 is 34.7 Å². The van der Waals surface area contributed by atoms with E-state index < -0.39 is 0 Å². The Morgan fingerprint density at radius 3 is 2.25 bits per heavy atom. The summed E-state index contributed by atoms with van der Waals surface area (Å²) in [4.78, 5) is 0. The summed E-state index contributed by atoms with van der Waals surface area (Å²) in [7, 11) is 0. The van der Waals surface area contributed by atoms with Gasteiger partial charge in [0.15, 0.2) is 0 Å². The van der Waals surface area contributed by atoms with Gasteiger partial charge in [-0.05, 0) is 13.1 Å². The molecular weight excluding hydrogens is 136 g/mol. The molecule has 0 spiro atoms. The molecule has 0 bridgehead atoms. The van der Waals surface area contributed by atoms with Crippen LogP contribution in [0.15, 0.2) is 0 Å². The maximum atomic E-state index is 10.3. The smallest absolute Gasteiger partial charge is 0.851 e. The second kappa shape index (κ2) is 6.33. The van der Waals surface area contributed by atoms with Gasteiger partial charge in [0.1, 0.15) is 0 Å². The van der Waals surface area contributed by atoms with E-state index in [0.717, 1.165) is 13.0 Å². The molecule has 1 fully saturated rings. The quantitative estimate of drug-likeness (QED) is 0.354. The fourth-order valence-corrected chi connectivity index (χ4v) is 0.628. The molecule has 1 rings (SSSR count). The topological polar surface area (TPSA) is 35.1 Å². The van der Waals surface area contributed by atoms with Crippen LogP contribution < -0.4 is 40.0 Å². The van der Waals surface area contributed by atoms with E-state index in [9.17, 15) is 5.11 Å². The molecule has 0 aromatic rings. The van der Waals surface area contributed by atoms with E-state index in [1.54, 1.807) is 0 Å². The minimum Gasteiger partial charge on any atom is -0.851 e. The number of nitrogens with one attached hydrogen (secondary N) is 1. The van der Waals surface area contributed by atoms with E-state index in [0.29, 0.717) is 6.54 Å². The zero-order valence-electron chi connectivity index (χ0n) is 5.02. The van der Waals surface area contributed by atoms with Crippen LogP contribution in [0, 0.1) is 0 Å². The maximum absolute atomic E-state index is 10.3. The van der Waals surface area contributed by atoms with Crippen molar-refractivity contribution in [2.45, 2.75) is 12.5 Å². The van der Waals surface area contributed by atoms with Crippen LogP contribution in [0.25, 0.3) is 0 Å². The summed E-state index contributed by atoms with van der Waals surface area (Å²) in [5.41, 5.74) is 0. The van der Waals surface area contributed by atoms with Crippen molar-refractivity contribution in [3.05, 3.63) is 0 Å². The van der Waals surface area contributed by atoms with Gasteiger partial charge in [-0.2, -0.15) is 0 Å². The molecule has 2 nitrogen and oxygen atoms in total. The zero-order valence-corrected chi connectivity index (χ0v) is 7.83. The van der Waals surface area contributed by atoms with Crippen molar-refractivity contribution >= 4 is 12.4 Å². The van der Waals surface area contributed by atoms with E-state index >= 15 is 0 Å². The molecule has 0 radical (unpaired) electrons. The van der Waals surface area contributed by atoms with Crippen LogP contribution in [0.2, 0.25) is 0 Å². The molecule has 8 heavy (non-hydrogen) atoms. The Hall–Kier alpha value is 1.21. The van der Waals surface area contributed by atoms with E-state index in [4.69, 9.17) is 0 Å². The van der Waals surface area contributed by atoms with E-state index in [2.05, 4.69) is 5.32 Å². The van der Waals surface area contributed by atoms with Crippen molar-refractivity contribution in [1.29, 1.82) is 0 Å². The molecule has 1 aliphatic rings. The summed E-state index contributed by atoms with van der Waals surface area (Å²) in [5, 5.41) is 13.2. The normalized spacial score (nSPS) is 25.9. The predicted octanol–water partition coefficient (Wildman–Crippen LogP) is -3.87. The van der Waals surface area contributed by atoms with Gasteiger partial charge in [0.25, 0.3) is 0 Å². The molecule has 1 aliphatic heterocycles. The fourth-order valence-electron chi connectivity index (χ4n) is 0.628. The molecule has 0 unspecified atom stereocenters. The summed E-state index contributed by atoms with van der Waals surface area (Å²) in [6.07, 6.45) is 0.505. The average Bonchev–Trinajstić information content (AvgIpc) is 1.86. The maximum Gasteiger partial charge on any atom is 1.00 e. The predicted molar refractivity (Wildman–Crippen MR) is 28.5 cm³/mol. The fraction of sp³-hybridized carbons (Fsp3) is 1.00. The molecule has 1 N–H and O–H groups in total. The van der Waals surface area contributed by atoms with Gasteiger partial charge in [-0.25, -0.2) is 0 Å². The second-order valence-electron chi connectivity index (χ2n) is 1.61. The molecule has 0 aromatic carbocycles. The minimum absolute atomic E-state index is 0. The van der Waals surface area contributed by atoms with Gasteiger partial charge in [0.05, 0.1) is 0 Å². The van der Waals surface area contributed by atoms with Crippen molar-refractivity contribution in [3.8, 4) is 0 Å². The summed E-state index contributed by atoms with van der Waals surface area (Å²) < 4.78 is 0. The first-order valence-corrected chi connectivity index (χ1v) is 2.26. The number of halogens is 1. The van der Waals surface area contributed by atoms with Crippen LogP contribution >= 0.6 is 12.4 Å². The van der Waals surface area contributed by atoms with Gasteiger partial charge in [-0.3, -0.25) is 0 Å². The van der Waals surface area contributed by atoms with Crippen LogP contribution in [0.3, 0.4) is 0 Å². The van der Waals surface area contributed by atoms with Gasteiger partial charge in [-0.15, -0.1) is 18.5 Å². The third-order valence-corrected chi connectivity index (χ3v) is 1.02. The second-order valence-corrected chi connectivity index (χ2v) is 1.61. The Balaban J connectivity index is 0. The van der Waals surface area contributed by atoms with Crippen LogP contribution in [-0.4, -0.2) is 19.2 Å². The monoisotopic (exact) mass is 145 g/mol. The Labute approximate surface area is 77.7 Å². The van der Waals surface area contributed by atoms with Crippen LogP contribution in [0.1, 0.15) is 6.42 Å². The molecule has 1 heterocycles. The van der Waals surface area contributed by atoms with Crippen molar-refractivity contribution in [3.63, 3.8) is 0 Å². The standard InChI is InChI=1S/C4H8NO.ClH.Na/c6-4-1-2-5-3-4;;/h4-5H,1-3H2;1H;/q-1;;+1/t4-;;/m0../s1. The SMILES string of the molecule is Cl.[Na+].[O-][C@H]1CCNC1. The molecule has 0 aliphatic carbocycles. The zero-order chi connectivity index (χ0) is 4.41. The number of rotatable bonds is 0. The molecule has 1 atom stereocenters. The Bertz CT molecular complexity index is 49.3. The first-order valence-electron chi connectivity index (χ1n) is 2.26. The summed E-state index contributed by atoms with van der Waals surface area (Å²) in [6.45, 7) is 1.61. The van der Waals surface area contributed by atoms with Gasteiger partial charge in [-0.1, -0.05) is 6.42 Å². The van der Waals surface area contributed by atoms with Gasteiger partial charge >= 0.3 is 29.6 Å². The Morgan fingerprint density at radius 1 is 1.50 bits per heavy atom. The van der Waals surface area contributed by atoms with Crippen molar-refractivity contribution in [1.82, 2.24) is 5.32 Å². The number of hydrogen-bond acceptors (Lipinski definition) is 2. The molecule has 0 aromatic heterocycles. The minimum atomic E-state index is -0.315. The van der Waals surface area contributed by atoms with Crippen molar-refractivity contribution in [2.24, 2.45) is 0 Å². The Kier molecular flexibility index (Phi) is 9.45. The van der Waals surface area contributed by atoms with Gasteiger partial charge in [0, 0.05) is 0 Å². The van der Waals surface area contributed by atoms with Crippen molar-refractivity contribution in [2.75, 3.05) is 13.1 Å². The summed E-state index contributed by atoms with van der Waals surface area (Å²) >= 11 is 0. The van der Waals surface area contributed by atoms with Crippen LogP contribution in [0.5, 0.6) is 0 Å². The molecular formula is C4H9ClNNaO. The van der Waals surface area contributed by atoms with Gasteiger partial charge < -0.3 is 10.4 Å². The van der Waals surface area contributed by atoms with E-state index in [-0.39, 0.29) is 48.1 Å². The Morgan fingerprint density at radius 2 is 2.12 bits per heavy atom. The molecule has 0 amide bonds. The molecule has 1 saturated heterocycles. The molecule has 4 heteroatoms. The van der Waals surface area contributed by atoms with Crippen LogP contribution in [0.4, 0.5) is 0 Å². The summed E-state index contributed by atoms with van der Waals surface area (Å²) in [6, 6.07) is 0.